The van der Waals surface area contributed by atoms with Crippen LogP contribution in [0.2, 0.25) is 0 Å². The van der Waals surface area contributed by atoms with Crippen LogP contribution in [0.5, 0.6) is 5.75 Å². The number of halogens is 1. The number of carbonyl (C=O) groups is 1. The van der Waals surface area contributed by atoms with Crippen molar-refractivity contribution in [1.82, 2.24) is 15.5 Å². The van der Waals surface area contributed by atoms with Crippen molar-refractivity contribution in [2.24, 2.45) is 0 Å². The summed E-state index contributed by atoms with van der Waals surface area (Å²) in [5.74, 6) is 1.61. The summed E-state index contributed by atoms with van der Waals surface area (Å²) in [6, 6.07) is 9.53. The Bertz CT molecular complexity index is 742. The average molecular weight is 394 g/mol. The van der Waals surface area contributed by atoms with Crippen LogP contribution in [0, 0.1) is 13.8 Å². The predicted octanol–water partition coefficient (Wildman–Crippen LogP) is 2.53. The van der Waals surface area contributed by atoms with E-state index >= 15 is 0 Å². The lowest BCUT2D eigenvalue weighted by Gasteiger charge is -2.26. The third kappa shape index (κ3) is 6.27. The number of aryl methyl sites for hydroxylation is 2. The molecule has 1 saturated heterocycles. The molecule has 7 heteroatoms. The zero-order valence-electron chi connectivity index (χ0n) is 15.9. The lowest BCUT2D eigenvalue weighted by molar-refractivity contribution is 0.0915. The maximum absolute atomic E-state index is 12.2. The Balaban J connectivity index is 0.00000261. The normalized spacial score (nSPS) is 14.4. The van der Waals surface area contributed by atoms with Crippen LogP contribution < -0.4 is 15.4 Å². The Labute approximate surface area is 166 Å². The topological polar surface area (TPSA) is 66.7 Å². The van der Waals surface area contributed by atoms with Gasteiger partial charge in [-0.3, -0.25) is 9.69 Å². The second kappa shape index (κ2) is 10.3. The summed E-state index contributed by atoms with van der Waals surface area (Å²) in [6.07, 6.45) is 0. The molecule has 1 aromatic heterocycles. The largest absolute Gasteiger partial charge is 0.485 e. The van der Waals surface area contributed by atoms with Crippen molar-refractivity contribution in [1.29, 1.82) is 0 Å². The third-order valence-corrected chi connectivity index (χ3v) is 4.51. The summed E-state index contributed by atoms with van der Waals surface area (Å²) in [4.78, 5) is 14.5. The Morgan fingerprint density at radius 1 is 1.22 bits per heavy atom. The predicted molar refractivity (Wildman–Crippen MR) is 108 cm³/mol. The van der Waals surface area contributed by atoms with Gasteiger partial charge in [0.1, 0.15) is 18.1 Å². The molecule has 2 N–H and O–H groups in total. The highest BCUT2D eigenvalue weighted by Gasteiger charge is 2.13. The number of ether oxygens (including phenoxy) is 1. The van der Waals surface area contributed by atoms with Gasteiger partial charge in [0.2, 0.25) is 0 Å². The van der Waals surface area contributed by atoms with Crippen molar-refractivity contribution < 1.29 is 13.9 Å². The van der Waals surface area contributed by atoms with Crippen LogP contribution >= 0.6 is 12.4 Å². The molecule has 0 aliphatic carbocycles. The van der Waals surface area contributed by atoms with Gasteiger partial charge >= 0.3 is 0 Å². The summed E-state index contributed by atoms with van der Waals surface area (Å²) >= 11 is 0. The van der Waals surface area contributed by atoms with Gasteiger partial charge in [-0.1, -0.05) is 17.7 Å². The molecule has 0 spiro atoms. The highest BCUT2D eigenvalue weighted by atomic mass is 35.5. The van der Waals surface area contributed by atoms with Gasteiger partial charge in [0.05, 0.1) is 0 Å². The summed E-state index contributed by atoms with van der Waals surface area (Å²) in [7, 11) is 0. The van der Waals surface area contributed by atoms with Gasteiger partial charge in [0.15, 0.2) is 5.76 Å². The van der Waals surface area contributed by atoms with Crippen molar-refractivity contribution in [2.75, 3.05) is 39.3 Å². The minimum atomic E-state index is -0.182. The number of amides is 1. The average Bonchev–Trinajstić information content (AvgIpc) is 3.11. The molecule has 1 fully saturated rings. The molecule has 0 atom stereocenters. The van der Waals surface area contributed by atoms with Gasteiger partial charge in [-0.2, -0.15) is 0 Å². The Kier molecular flexibility index (Phi) is 8.16. The van der Waals surface area contributed by atoms with Crippen molar-refractivity contribution in [3.8, 4) is 5.75 Å². The minimum Gasteiger partial charge on any atom is -0.485 e. The van der Waals surface area contributed by atoms with Gasteiger partial charge in [-0.25, -0.2) is 0 Å². The number of carbonyl (C=O) groups excluding carboxylic acids is 1. The summed E-state index contributed by atoms with van der Waals surface area (Å²) in [5, 5.41) is 6.23. The van der Waals surface area contributed by atoms with Crippen LogP contribution in [0.1, 0.15) is 27.4 Å². The number of nitrogens with one attached hydrogen (secondary N) is 2. The van der Waals surface area contributed by atoms with Crippen LogP contribution in [0.4, 0.5) is 0 Å². The quantitative estimate of drug-likeness (QED) is 0.756. The van der Waals surface area contributed by atoms with E-state index in [-0.39, 0.29) is 18.3 Å². The van der Waals surface area contributed by atoms with Crippen molar-refractivity contribution in [3.05, 3.63) is 53.0 Å². The lowest BCUT2D eigenvalue weighted by atomic mass is 10.1. The van der Waals surface area contributed by atoms with E-state index in [0.717, 1.165) is 44.0 Å². The summed E-state index contributed by atoms with van der Waals surface area (Å²) in [6.45, 7) is 9.92. The molecule has 1 amide bonds. The van der Waals surface area contributed by atoms with Crippen molar-refractivity contribution >= 4 is 18.3 Å². The van der Waals surface area contributed by atoms with E-state index in [2.05, 4.69) is 28.5 Å². The Morgan fingerprint density at radius 2 is 2.00 bits per heavy atom. The smallest absolute Gasteiger partial charge is 0.287 e. The Hall–Kier alpha value is -2.02. The number of hydrogen-bond donors (Lipinski definition) is 2. The highest BCUT2D eigenvalue weighted by Crippen LogP contribution is 2.20. The zero-order chi connectivity index (χ0) is 18.4. The first-order valence-electron chi connectivity index (χ1n) is 9.12. The van der Waals surface area contributed by atoms with Crippen LogP contribution in [-0.2, 0) is 6.61 Å². The second-order valence-electron chi connectivity index (χ2n) is 6.67. The lowest BCUT2D eigenvalue weighted by Crippen LogP contribution is -2.46. The molecule has 0 unspecified atom stereocenters. The zero-order valence-corrected chi connectivity index (χ0v) is 16.7. The molecule has 27 heavy (non-hydrogen) atoms. The van der Waals surface area contributed by atoms with E-state index in [1.807, 2.05) is 19.1 Å². The molecule has 1 aliphatic rings. The summed E-state index contributed by atoms with van der Waals surface area (Å²) in [5.41, 5.74) is 2.29. The van der Waals surface area contributed by atoms with E-state index in [1.165, 1.54) is 5.56 Å². The van der Waals surface area contributed by atoms with Gasteiger partial charge in [0, 0.05) is 39.3 Å². The minimum absolute atomic E-state index is 0. The molecule has 6 nitrogen and oxygen atoms in total. The monoisotopic (exact) mass is 393 g/mol. The van der Waals surface area contributed by atoms with E-state index in [1.54, 1.807) is 12.1 Å². The molecule has 3 rings (SSSR count). The summed E-state index contributed by atoms with van der Waals surface area (Å²) < 4.78 is 11.4. The van der Waals surface area contributed by atoms with E-state index in [4.69, 9.17) is 9.15 Å². The van der Waals surface area contributed by atoms with Gasteiger partial charge in [0.25, 0.3) is 5.91 Å². The molecule has 1 aliphatic heterocycles. The van der Waals surface area contributed by atoms with Crippen LogP contribution in [0.25, 0.3) is 0 Å². The van der Waals surface area contributed by atoms with Crippen LogP contribution in [0.3, 0.4) is 0 Å². The first-order chi connectivity index (χ1) is 12.6. The molecule has 0 bridgehead atoms. The number of rotatable bonds is 7. The number of hydrogen-bond acceptors (Lipinski definition) is 5. The van der Waals surface area contributed by atoms with Gasteiger partial charge < -0.3 is 19.8 Å². The molecular formula is C20H28ClN3O3. The van der Waals surface area contributed by atoms with E-state index in [0.29, 0.717) is 24.7 Å². The highest BCUT2D eigenvalue weighted by molar-refractivity contribution is 5.91. The fraction of sp³-hybridized carbons (Fsp3) is 0.450. The van der Waals surface area contributed by atoms with Crippen LogP contribution in [-0.4, -0.2) is 50.1 Å². The fourth-order valence-electron chi connectivity index (χ4n) is 3.04. The number of benzene rings is 1. The number of piperazine rings is 1. The fourth-order valence-corrected chi connectivity index (χ4v) is 3.04. The molecule has 0 saturated carbocycles. The SMILES string of the molecule is Cc1ccc(OCc2ccc(C(=O)NCCN3CCNCC3)o2)c(C)c1.Cl. The second-order valence-corrected chi connectivity index (χ2v) is 6.67. The third-order valence-electron chi connectivity index (χ3n) is 4.51. The molecule has 2 heterocycles. The molecule has 2 aromatic rings. The van der Waals surface area contributed by atoms with Gasteiger partial charge in [-0.15, -0.1) is 12.4 Å². The van der Waals surface area contributed by atoms with E-state index < -0.39 is 0 Å². The molecule has 0 radical (unpaired) electrons. The number of nitrogens with zero attached hydrogens (tertiary/aromatic N) is 1. The Morgan fingerprint density at radius 3 is 2.74 bits per heavy atom. The maximum Gasteiger partial charge on any atom is 0.287 e. The van der Waals surface area contributed by atoms with E-state index in [9.17, 15) is 4.79 Å². The van der Waals surface area contributed by atoms with Crippen molar-refractivity contribution in [3.63, 3.8) is 0 Å². The molecular weight excluding hydrogens is 366 g/mol. The standard InChI is InChI=1S/C20H27N3O3.ClH/c1-15-3-5-18(16(2)13-15)25-14-17-4-6-19(26-17)20(24)22-9-12-23-10-7-21-8-11-23;/h3-6,13,21H,7-12,14H2,1-2H3,(H,22,24);1H. The molecule has 1 aromatic carbocycles. The number of furan rings is 1. The first kappa shape index (κ1) is 21.3. The molecule has 148 valence electrons. The van der Waals surface area contributed by atoms with Crippen LogP contribution in [0.15, 0.2) is 34.7 Å². The first-order valence-corrected chi connectivity index (χ1v) is 9.12. The maximum atomic E-state index is 12.2. The van der Waals surface area contributed by atoms with Crippen molar-refractivity contribution in [2.45, 2.75) is 20.5 Å². The van der Waals surface area contributed by atoms with Gasteiger partial charge in [-0.05, 0) is 37.6 Å².